The van der Waals surface area contributed by atoms with Crippen LogP contribution in [0.25, 0.3) is 0 Å². The van der Waals surface area contributed by atoms with Crippen molar-refractivity contribution in [3.8, 4) is 0 Å². The molecule has 4 nitrogen and oxygen atoms in total. The van der Waals surface area contributed by atoms with Crippen LogP contribution >= 0.6 is 0 Å². The summed E-state index contributed by atoms with van der Waals surface area (Å²) in [6.45, 7) is 17.5. The standard InChI is InChI=1S/C17H32N4/c1-8-9-18-15-14(12(2)3)16(21-11-20-15)19-10-13(4)17(5,6)7/h11-13H,8-10H2,1-7H3,(H2,18,19,20,21). The monoisotopic (exact) mass is 292 g/mol. The zero-order chi connectivity index (χ0) is 16.0. The first kappa shape index (κ1) is 17.7. The second kappa shape index (κ2) is 7.62. The normalized spacial score (nSPS) is 13.3. The molecule has 2 N–H and O–H groups in total. The molecule has 0 amide bonds. The molecule has 21 heavy (non-hydrogen) atoms. The SMILES string of the molecule is CCCNc1ncnc(NCC(C)C(C)(C)C)c1C(C)C. The maximum atomic E-state index is 4.46. The van der Waals surface area contributed by atoms with Crippen molar-refractivity contribution in [3.63, 3.8) is 0 Å². The van der Waals surface area contributed by atoms with E-state index in [1.807, 2.05) is 0 Å². The highest BCUT2D eigenvalue weighted by Gasteiger charge is 2.21. The molecule has 0 aliphatic carbocycles. The van der Waals surface area contributed by atoms with Gasteiger partial charge in [0.15, 0.2) is 0 Å². The average Bonchev–Trinajstić information content (AvgIpc) is 2.40. The van der Waals surface area contributed by atoms with Crippen molar-refractivity contribution in [3.05, 3.63) is 11.9 Å². The molecule has 1 rings (SSSR count). The number of nitrogens with zero attached hydrogens (tertiary/aromatic N) is 2. The molecular formula is C17H32N4. The van der Waals surface area contributed by atoms with E-state index in [4.69, 9.17) is 0 Å². The van der Waals surface area contributed by atoms with Gasteiger partial charge < -0.3 is 10.6 Å². The smallest absolute Gasteiger partial charge is 0.134 e. The predicted octanol–water partition coefficient (Wildman–Crippen LogP) is 4.52. The zero-order valence-corrected chi connectivity index (χ0v) is 14.7. The fourth-order valence-electron chi connectivity index (χ4n) is 2.02. The minimum atomic E-state index is 0.293. The summed E-state index contributed by atoms with van der Waals surface area (Å²) in [4.78, 5) is 8.87. The Kier molecular flexibility index (Phi) is 6.43. The van der Waals surface area contributed by atoms with Crippen LogP contribution in [0.4, 0.5) is 11.6 Å². The number of nitrogens with one attached hydrogen (secondary N) is 2. The Bertz CT molecular complexity index is 435. The summed E-state index contributed by atoms with van der Waals surface area (Å²) < 4.78 is 0. The Labute approximate surface area is 130 Å². The van der Waals surface area contributed by atoms with E-state index in [-0.39, 0.29) is 0 Å². The van der Waals surface area contributed by atoms with Crippen LogP contribution in [-0.2, 0) is 0 Å². The minimum absolute atomic E-state index is 0.293. The third-order valence-electron chi connectivity index (χ3n) is 4.06. The minimum Gasteiger partial charge on any atom is -0.370 e. The Hall–Kier alpha value is -1.32. The molecular weight excluding hydrogens is 260 g/mol. The number of rotatable bonds is 7. The topological polar surface area (TPSA) is 49.8 Å². The first-order valence-electron chi connectivity index (χ1n) is 8.10. The highest BCUT2D eigenvalue weighted by Crippen LogP contribution is 2.30. The maximum Gasteiger partial charge on any atom is 0.134 e. The van der Waals surface area contributed by atoms with Crippen LogP contribution in [0.5, 0.6) is 0 Å². The predicted molar refractivity (Wildman–Crippen MR) is 92.0 cm³/mol. The molecule has 1 heterocycles. The zero-order valence-electron chi connectivity index (χ0n) is 14.7. The van der Waals surface area contributed by atoms with E-state index in [0.29, 0.717) is 17.3 Å². The molecule has 0 bridgehead atoms. The third-order valence-corrected chi connectivity index (χ3v) is 4.06. The van der Waals surface area contributed by atoms with Crippen molar-refractivity contribution in [1.82, 2.24) is 9.97 Å². The van der Waals surface area contributed by atoms with Gasteiger partial charge in [0.1, 0.15) is 18.0 Å². The van der Waals surface area contributed by atoms with Gasteiger partial charge in [-0.15, -0.1) is 0 Å². The van der Waals surface area contributed by atoms with Gasteiger partial charge in [-0.1, -0.05) is 48.5 Å². The van der Waals surface area contributed by atoms with Gasteiger partial charge in [-0.3, -0.25) is 0 Å². The van der Waals surface area contributed by atoms with Gasteiger partial charge in [0.25, 0.3) is 0 Å². The molecule has 1 atom stereocenters. The summed E-state index contributed by atoms with van der Waals surface area (Å²) in [6.07, 6.45) is 2.74. The van der Waals surface area contributed by atoms with Crippen molar-refractivity contribution in [1.29, 1.82) is 0 Å². The van der Waals surface area contributed by atoms with E-state index in [1.54, 1.807) is 6.33 Å². The molecule has 0 spiro atoms. The Morgan fingerprint density at radius 1 is 1.05 bits per heavy atom. The van der Waals surface area contributed by atoms with Crippen LogP contribution in [0.15, 0.2) is 6.33 Å². The second-order valence-corrected chi connectivity index (χ2v) is 7.21. The largest absolute Gasteiger partial charge is 0.370 e. The van der Waals surface area contributed by atoms with Gasteiger partial charge >= 0.3 is 0 Å². The van der Waals surface area contributed by atoms with Gasteiger partial charge in [-0.05, 0) is 23.7 Å². The molecule has 1 unspecified atom stereocenters. The van der Waals surface area contributed by atoms with Crippen LogP contribution in [0, 0.1) is 11.3 Å². The number of aromatic nitrogens is 2. The Balaban J connectivity index is 2.91. The summed E-state index contributed by atoms with van der Waals surface area (Å²) >= 11 is 0. The lowest BCUT2D eigenvalue weighted by Gasteiger charge is -2.28. The first-order chi connectivity index (χ1) is 9.77. The fraction of sp³-hybridized carbons (Fsp3) is 0.765. The highest BCUT2D eigenvalue weighted by molar-refractivity contribution is 5.59. The van der Waals surface area contributed by atoms with E-state index < -0.39 is 0 Å². The highest BCUT2D eigenvalue weighted by atomic mass is 15.1. The molecule has 1 aromatic rings. The molecule has 0 fully saturated rings. The first-order valence-corrected chi connectivity index (χ1v) is 8.10. The molecule has 4 heteroatoms. The van der Waals surface area contributed by atoms with Crippen LogP contribution in [0.3, 0.4) is 0 Å². The van der Waals surface area contributed by atoms with Crippen LogP contribution in [-0.4, -0.2) is 23.1 Å². The van der Waals surface area contributed by atoms with Gasteiger partial charge in [0.2, 0.25) is 0 Å². The number of hydrogen-bond acceptors (Lipinski definition) is 4. The molecule has 0 saturated heterocycles. The summed E-state index contributed by atoms with van der Waals surface area (Å²) in [5.41, 5.74) is 1.48. The van der Waals surface area contributed by atoms with Crippen molar-refractivity contribution >= 4 is 11.6 Å². The third kappa shape index (κ3) is 5.18. The van der Waals surface area contributed by atoms with E-state index in [2.05, 4.69) is 69.1 Å². The van der Waals surface area contributed by atoms with Crippen molar-refractivity contribution in [2.24, 2.45) is 11.3 Å². The van der Waals surface area contributed by atoms with Gasteiger partial charge in [0, 0.05) is 18.7 Å². The van der Waals surface area contributed by atoms with E-state index >= 15 is 0 Å². The van der Waals surface area contributed by atoms with Gasteiger partial charge in [-0.2, -0.15) is 0 Å². The fourth-order valence-corrected chi connectivity index (χ4v) is 2.02. The lowest BCUT2D eigenvalue weighted by molar-refractivity contribution is 0.274. The maximum absolute atomic E-state index is 4.46. The second-order valence-electron chi connectivity index (χ2n) is 7.21. The molecule has 0 aliphatic rings. The summed E-state index contributed by atoms with van der Waals surface area (Å²) in [5.74, 6) is 2.89. The van der Waals surface area contributed by atoms with E-state index in [0.717, 1.165) is 31.1 Å². The van der Waals surface area contributed by atoms with Crippen molar-refractivity contribution < 1.29 is 0 Å². The Morgan fingerprint density at radius 2 is 1.62 bits per heavy atom. The summed E-state index contributed by atoms with van der Waals surface area (Å²) in [6, 6.07) is 0. The van der Waals surface area contributed by atoms with Gasteiger partial charge in [-0.25, -0.2) is 9.97 Å². The molecule has 0 radical (unpaired) electrons. The average molecular weight is 292 g/mol. The quantitative estimate of drug-likeness (QED) is 0.776. The van der Waals surface area contributed by atoms with Crippen molar-refractivity contribution in [2.75, 3.05) is 23.7 Å². The summed E-state index contributed by atoms with van der Waals surface area (Å²) in [7, 11) is 0. The molecule has 0 aromatic carbocycles. The van der Waals surface area contributed by atoms with Crippen molar-refractivity contribution in [2.45, 2.75) is 60.8 Å². The van der Waals surface area contributed by atoms with E-state index in [9.17, 15) is 0 Å². The number of anilines is 2. The lowest BCUT2D eigenvalue weighted by Crippen LogP contribution is -2.25. The lowest BCUT2D eigenvalue weighted by atomic mass is 9.82. The molecule has 1 aromatic heterocycles. The molecule has 120 valence electrons. The van der Waals surface area contributed by atoms with E-state index in [1.165, 1.54) is 5.56 Å². The number of hydrogen-bond donors (Lipinski definition) is 2. The van der Waals surface area contributed by atoms with Crippen LogP contribution in [0.2, 0.25) is 0 Å². The van der Waals surface area contributed by atoms with Crippen LogP contribution in [0.1, 0.15) is 66.4 Å². The molecule has 0 saturated carbocycles. The molecule has 0 aliphatic heterocycles. The van der Waals surface area contributed by atoms with Gasteiger partial charge in [0.05, 0.1) is 0 Å². The summed E-state index contributed by atoms with van der Waals surface area (Å²) in [5, 5.41) is 6.94. The van der Waals surface area contributed by atoms with Crippen LogP contribution < -0.4 is 10.6 Å². The Morgan fingerprint density at radius 3 is 2.10 bits per heavy atom.